The van der Waals surface area contributed by atoms with Gasteiger partial charge in [0.15, 0.2) is 5.96 Å². The minimum Gasteiger partial charge on any atom is -0.378 e. The van der Waals surface area contributed by atoms with E-state index in [1.807, 2.05) is 17.0 Å². The molecule has 160 valence electrons. The number of ether oxygens (including phenoxy) is 1. The number of benzene rings is 1. The summed E-state index contributed by atoms with van der Waals surface area (Å²) in [6.45, 7) is 11.6. The van der Waals surface area contributed by atoms with Crippen molar-refractivity contribution in [2.24, 2.45) is 10.4 Å². The van der Waals surface area contributed by atoms with Crippen molar-refractivity contribution in [2.45, 2.75) is 71.7 Å². The summed E-state index contributed by atoms with van der Waals surface area (Å²) in [5.41, 5.74) is 2.45. The molecule has 1 saturated carbocycles. The molecule has 1 fully saturated rings. The molecule has 6 nitrogen and oxygen atoms in total. The highest BCUT2D eigenvalue weighted by Gasteiger charge is 2.58. The van der Waals surface area contributed by atoms with Gasteiger partial charge in [0.2, 0.25) is 5.91 Å². The van der Waals surface area contributed by atoms with Crippen molar-refractivity contribution in [1.82, 2.24) is 15.5 Å². The fraction of sp³-hybridized carbons (Fsp3) is 0.652. The van der Waals surface area contributed by atoms with Gasteiger partial charge in [-0.2, -0.15) is 0 Å². The lowest BCUT2D eigenvalue weighted by molar-refractivity contribution is -0.176. The largest absolute Gasteiger partial charge is 0.378 e. The standard InChI is InChI=1S/C23H36N4O2/c1-6-24-21(26-19-14-23(4,29-5)22(19,2)3)25-13-9-12-20(28)27-15-17-10-7-8-11-18(17)16-27/h7-8,10-11,19H,6,9,12-16H2,1-5H3,(H2,24,25,26). The Balaban J connectivity index is 1.46. The van der Waals surface area contributed by atoms with Gasteiger partial charge in [-0.25, -0.2) is 0 Å². The first-order valence-corrected chi connectivity index (χ1v) is 10.8. The fourth-order valence-corrected chi connectivity index (χ4v) is 4.30. The molecule has 0 spiro atoms. The predicted molar refractivity (Wildman–Crippen MR) is 117 cm³/mol. The average molecular weight is 401 g/mol. The Morgan fingerprint density at radius 2 is 1.90 bits per heavy atom. The van der Waals surface area contributed by atoms with E-state index in [1.165, 1.54) is 11.1 Å². The molecule has 29 heavy (non-hydrogen) atoms. The summed E-state index contributed by atoms with van der Waals surface area (Å²) >= 11 is 0. The minimum atomic E-state index is -0.109. The zero-order valence-corrected chi connectivity index (χ0v) is 18.5. The van der Waals surface area contributed by atoms with Gasteiger partial charge in [-0.1, -0.05) is 38.1 Å². The van der Waals surface area contributed by atoms with E-state index in [0.717, 1.165) is 38.4 Å². The molecule has 1 amide bonds. The number of carbonyl (C=O) groups excluding carboxylic acids is 1. The molecule has 2 aliphatic rings. The molecule has 0 bridgehead atoms. The SMILES string of the molecule is CCNC(=NCCCC(=O)N1Cc2ccccc2C1)NC1CC(C)(OC)C1(C)C. The normalized spacial score (nSPS) is 25.3. The van der Waals surface area contributed by atoms with Gasteiger partial charge >= 0.3 is 0 Å². The number of aliphatic imine (C=N–C) groups is 1. The third kappa shape index (κ3) is 4.42. The minimum absolute atomic E-state index is 0.0265. The Bertz CT molecular complexity index is 736. The van der Waals surface area contributed by atoms with Crippen molar-refractivity contribution in [3.63, 3.8) is 0 Å². The van der Waals surface area contributed by atoms with Crippen LogP contribution >= 0.6 is 0 Å². The predicted octanol–water partition coefficient (Wildman–Crippen LogP) is 3.07. The van der Waals surface area contributed by atoms with Crippen LogP contribution in [0, 0.1) is 5.41 Å². The van der Waals surface area contributed by atoms with Crippen LogP contribution in [0.5, 0.6) is 0 Å². The van der Waals surface area contributed by atoms with Crippen molar-refractivity contribution < 1.29 is 9.53 Å². The number of nitrogens with one attached hydrogen (secondary N) is 2. The summed E-state index contributed by atoms with van der Waals surface area (Å²) in [6, 6.07) is 8.61. The van der Waals surface area contributed by atoms with Gasteiger partial charge in [0, 0.05) is 51.2 Å². The second-order valence-electron chi connectivity index (χ2n) is 8.94. The lowest BCUT2D eigenvalue weighted by Gasteiger charge is -2.59. The first-order chi connectivity index (χ1) is 13.8. The summed E-state index contributed by atoms with van der Waals surface area (Å²) in [6.07, 6.45) is 2.24. The van der Waals surface area contributed by atoms with Crippen LogP contribution in [0.25, 0.3) is 0 Å². The number of hydrogen-bond donors (Lipinski definition) is 2. The van der Waals surface area contributed by atoms with Crippen LogP contribution in [0.1, 0.15) is 58.1 Å². The molecule has 1 aromatic carbocycles. The maximum absolute atomic E-state index is 12.5. The third-order valence-electron chi connectivity index (χ3n) is 6.95. The lowest BCUT2D eigenvalue weighted by atomic mass is 9.56. The summed E-state index contributed by atoms with van der Waals surface area (Å²) < 4.78 is 5.72. The molecular formula is C23H36N4O2. The molecule has 6 heteroatoms. The number of carbonyl (C=O) groups is 1. The molecule has 1 heterocycles. The highest BCUT2D eigenvalue weighted by Crippen LogP contribution is 2.51. The highest BCUT2D eigenvalue weighted by atomic mass is 16.5. The van der Waals surface area contributed by atoms with Gasteiger partial charge in [-0.3, -0.25) is 9.79 Å². The van der Waals surface area contributed by atoms with Crippen LogP contribution in [0.4, 0.5) is 0 Å². The van der Waals surface area contributed by atoms with E-state index in [4.69, 9.17) is 9.73 Å². The second-order valence-corrected chi connectivity index (χ2v) is 8.94. The topological polar surface area (TPSA) is 66.0 Å². The number of guanidine groups is 1. The number of hydrogen-bond acceptors (Lipinski definition) is 3. The van der Waals surface area contributed by atoms with Gasteiger partial charge in [0.1, 0.15) is 0 Å². The summed E-state index contributed by atoms with van der Waals surface area (Å²) in [5, 5.41) is 6.88. The highest BCUT2D eigenvalue weighted by molar-refractivity contribution is 5.80. The van der Waals surface area contributed by atoms with E-state index < -0.39 is 0 Å². The zero-order valence-electron chi connectivity index (χ0n) is 18.5. The van der Waals surface area contributed by atoms with Gasteiger partial charge in [-0.05, 0) is 37.8 Å². The average Bonchev–Trinajstić information content (AvgIpc) is 3.14. The van der Waals surface area contributed by atoms with E-state index in [1.54, 1.807) is 7.11 Å². The van der Waals surface area contributed by atoms with Crippen molar-refractivity contribution in [2.75, 3.05) is 20.2 Å². The smallest absolute Gasteiger partial charge is 0.223 e. The molecule has 2 atom stereocenters. The number of fused-ring (bicyclic) bond motifs is 1. The molecule has 2 unspecified atom stereocenters. The van der Waals surface area contributed by atoms with Crippen LogP contribution in [-0.2, 0) is 22.6 Å². The number of rotatable bonds is 7. The van der Waals surface area contributed by atoms with Gasteiger partial charge < -0.3 is 20.3 Å². The van der Waals surface area contributed by atoms with E-state index in [2.05, 4.69) is 50.5 Å². The molecule has 3 rings (SSSR count). The van der Waals surface area contributed by atoms with Crippen molar-refractivity contribution in [3.05, 3.63) is 35.4 Å². The Hall–Kier alpha value is -2.08. The third-order valence-corrected chi connectivity index (χ3v) is 6.95. The maximum Gasteiger partial charge on any atom is 0.223 e. The lowest BCUT2D eigenvalue weighted by Crippen LogP contribution is -2.69. The molecule has 0 aromatic heterocycles. The first kappa shape index (κ1) is 21.6. The van der Waals surface area contributed by atoms with Crippen LogP contribution in [0.15, 0.2) is 29.3 Å². The molecule has 1 aliphatic heterocycles. The second kappa shape index (κ2) is 8.74. The van der Waals surface area contributed by atoms with Gasteiger partial charge in [0.05, 0.1) is 5.60 Å². The van der Waals surface area contributed by atoms with E-state index in [-0.39, 0.29) is 16.9 Å². The van der Waals surface area contributed by atoms with Crippen LogP contribution in [0.2, 0.25) is 0 Å². The van der Waals surface area contributed by atoms with Crippen LogP contribution < -0.4 is 10.6 Å². The Labute approximate surface area is 175 Å². The monoisotopic (exact) mass is 400 g/mol. The molecule has 2 N–H and O–H groups in total. The van der Waals surface area contributed by atoms with E-state index in [0.29, 0.717) is 19.0 Å². The van der Waals surface area contributed by atoms with Crippen molar-refractivity contribution in [3.8, 4) is 0 Å². The van der Waals surface area contributed by atoms with Gasteiger partial charge in [-0.15, -0.1) is 0 Å². The summed E-state index contributed by atoms with van der Waals surface area (Å²) in [5.74, 6) is 1.04. The van der Waals surface area contributed by atoms with Gasteiger partial charge in [0.25, 0.3) is 0 Å². The van der Waals surface area contributed by atoms with E-state index in [9.17, 15) is 4.79 Å². The Morgan fingerprint density at radius 3 is 2.45 bits per heavy atom. The Morgan fingerprint density at radius 1 is 1.24 bits per heavy atom. The maximum atomic E-state index is 12.5. The number of amides is 1. The van der Waals surface area contributed by atoms with Crippen molar-refractivity contribution in [1.29, 1.82) is 0 Å². The van der Waals surface area contributed by atoms with Crippen LogP contribution in [0.3, 0.4) is 0 Å². The van der Waals surface area contributed by atoms with Crippen LogP contribution in [-0.4, -0.2) is 48.6 Å². The Kier molecular flexibility index (Phi) is 6.52. The van der Waals surface area contributed by atoms with Crippen molar-refractivity contribution >= 4 is 11.9 Å². The molecule has 0 saturated heterocycles. The zero-order chi connectivity index (χ0) is 21.1. The summed E-state index contributed by atoms with van der Waals surface area (Å²) in [4.78, 5) is 19.2. The summed E-state index contributed by atoms with van der Waals surface area (Å²) in [7, 11) is 1.78. The number of methoxy groups -OCH3 is 1. The fourth-order valence-electron chi connectivity index (χ4n) is 4.30. The molecule has 1 aliphatic carbocycles. The molecular weight excluding hydrogens is 364 g/mol. The van der Waals surface area contributed by atoms with E-state index >= 15 is 0 Å². The molecule has 1 aromatic rings. The quantitative estimate of drug-likeness (QED) is 0.419. The number of nitrogens with zero attached hydrogens (tertiary/aromatic N) is 2. The first-order valence-electron chi connectivity index (χ1n) is 10.8. The molecule has 0 radical (unpaired) electrons.